The number of hydrogen-bond acceptors (Lipinski definition) is 3. The van der Waals surface area contributed by atoms with Crippen LogP contribution >= 0.6 is 0 Å². The third-order valence-corrected chi connectivity index (χ3v) is 4.46. The maximum absolute atomic E-state index is 10.9. The minimum atomic E-state index is -0.822. The third kappa shape index (κ3) is 2.07. The fourth-order valence-corrected chi connectivity index (χ4v) is 2.99. The zero-order valence-electron chi connectivity index (χ0n) is 11.8. The molecule has 1 aromatic carbocycles. The van der Waals surface area contributed by atoms with Crippen LogP contribution in [0.3, 0.4) is 0 Å². The normalized spacial score (nSPS) is 28.9. The second-order valence-electron chi connectivity index (χ2n) is 5.92. The molecule has 1 aliphatic rings. The second-order valence-corrected chi connectivity index (χ2v) is 5.92. The lowest BCUT2D eigenvalue weighted by atomic mass is 9.85. The van der Waals surface area contributed by atoms with Crippen LogP contribution in [0.15, 0.2) is 28.7 Å². The molecule has 3 rings (SSSR count). The Balaban J connectivity index is 2.02. The van der Waals surface area contributed by atoms with Crippen LogP contribution < -0.4 is 0 Å². The molecule has 1 N–H and O–H groups in total. The Morgan fingerprint density at radius 1 is 1.42 bits per heavy atom. The van der Waals surface area contributed by atoms with E-state index < -0.39 is 5.60 Å². The van der Waals surface area contributed by atoms with Gasteiger partial charge in [-0.05, 0) is 45.4 Å². The SMILES string of the molecule is Cc1cccc2cc(C3(O)CCN(C)C(C)C3)oc12. The molecule has 2 unspecified atom stereocenters. The molecule has 0 saturated carbocycles. The molecule has 102 valence electrons. The van der Waals surface area contributed by atoms with E-state index in [1.165, 1.54) is 0 Å². The molecule has 3 heteroatoms. The molecule has 3 nitrogen and oxygen atoms in total. The molecule has 19 heavy (non-hydrogen) atoms. The van der Waals surface area contributed by atoms with Crippen LogP contribution in [0.4, 0.5) is 0 Å². The third-order valence-electron chi connectivity index (χ3n) is 4.46. The number of hydrogen-bond donors (Lipinski definition) is 1. The van der Waals surface area contributed by atoms with Crippen molar-refractivity contribution in [2.24, 2.45) is 0 Å². The summed E-state index contributed by atoms with van der Waals surface area (Å²) in [5.41, 5.74) is 1.20. The zero-order chi connectivity index (χ0) is 13.6. The van der Waals surface area contributed by atoms with Crippen molar-refractivity contribution in [2.75, 3.05) is 13.6 Å². The Labute approximate surface area is 113 Å². The summed E-state index contributed by atoms with van der Waals surface area (Å²) in [4.78, 5) is 2.28. The second kappa shape index (κ2) is 4.36. The van der Waals surface area contributed by atoms with Crippen molar-refractivity contribution in [3.63, 3.8) is 0 Å². The first kappa shape index (κ1) is 12.7. The van der Waals surface area contributed by atoms with Gasteiger partial charge in [-0.25, -0.2) is 0 Å². The molecular formula is C16H21NO2. The molecule has 0 amide bonds. The van der Waals surface area contributed by atoms with Gasteiger partial charge in [-0.1, -0.05) is 18.2 Å². The Morgan fingerprint density at radius 2 is 2.21 bits per heavy atom. The molecule has 1 saturated heterocycles. The topological polar surface area (TPSA) is 36.6 Å². The first-order valence-electron chi connectivity index (χ1n) is 6.92. The van der Waals surface area contributed by atoms with E-state index in [0.717, 1.165) is 41.7 Å². The smallest absolute Gasteiger partial charge is 0.137 e. The molecule has 0 aliphatic carbocycles. The maximum atomic E-state index is 10.9. The van der Waals surface area contributed by atoms with Gasteiger partial charge in [0.2, 0.25) is 0 Å². The van der Waals surface area contributed by atoms with Gasteiger partial charge in [0.15, 0.2) is 0 Å². The summed E-state index contributed by atoms with van der Waals surface area (Å²) in [6.45, 7) is 5.09. The van der Waals surface area contributed by atoms with Crippen LogP contribution in [0, 0.1) is 6.92 Å². The maximum Gasteiger partial charge on any atom is 0.137 e. The summed E-state index contributed by atoms with van der Waals surface area (Å²) < 4.78 is 5.96. The molecular weight excluding hydrogens is 238 g/mol. The largest absolute Gasteiger partial charge is 0.458 e. The predicted molar refractivity (Wildman–Crippen MR) is 76.2 cm³/mol. The van der Waals surface area contributed by atoms with Gasteiger partial charge >= 0.3 is 0 Å². The van der Waals surface area contributed by atoms with Crippen molar-refractivity contribution >= 4 is 11.0 Å². The number of aliphatic hydroxyl groups is 1. The van der Waals surface area contributed by atoms with Crippen molar-refractivity contribution in [1.82, 2.24) is 4.90 Å². The summed E-state index contributed by atoms with van der Waals surface area (Å²) >= 11 is 0. The molecule has 2 aromatic rings. The monoisotopic (exact) mass is 259 g/mol. The highest BCUT2D eigenvalue weighted by Crippen LogP contribution is 2.38. The number of furan rings is 1. The highest BCUT2D eigenvalue weighted by Gasteiger charge is 2.39. The summed E-state index contributed by atoms with van der Waals surface area (Å²) in [7, 11) is 2.10. The summed E-state index contributed by atoms with van der Waals surface area (Å²) in [5, 5.41) is 12.0. The van der Waals surface area contributed by atoms with Gasteiger partial charge in [0.05, 0.1) is 0 Å². The van der Waals surface area contributed by atoms with E-state index >= 15 is 0 Å². The van der Waals surface area contributed by atoms with Gasteiger partial charge in [-0.15, -0.1) is 0 Å². The lowest BCUT2D eigenvalue weighted by molar-refractivity contribution is -0.0549. The molecule has 1 fully saturated rings. The van der Waals surface area contributed by atoms with Crippen molar-refractivity contribution in [1.29, 1.82) is 0 Å². The average molecular weight is 259 g/mol. The number of rotatable bonds is 1. The predicted octanol–water partition coefficient (Wildman–Crippen LogP) is 3.04. The number of fused-ring (bicyclic) bond motifs is 1. The highest BCUT2D eigenvalue weighted by molar-refractivity contribution is 5.81. The van der Waals surface area contributed by atoms with Crippen LogP contribution in [-0.4, -0.2) is 29.6 Å². The van der Waals surface area contributed by atoms with Gasteiger partial charge in [0, 0.05) is 18.0 Å². The summed E-state index contributed by atoms with van der Waals surface area (Å²) in [5.74, 6) is 0.719. The van der Waals surface area contributed by atoms with E-state index in [2.05, 4.69) is 18.9 Å². The van der Waals surface area contributed by atoms with Crippen LogP contribution in [0.2, 0.25) is 0 Å². The van der Waals surface area contributed by atoms with Gasteiger partial charge in [-0.3, -0.25) is 0 Å². The van der Waals surface area contributed by atoms with Crippen LogP contribution in [0.5, 0.6) is 0 Å². The van der Waals surface area contributed by atoms with Crippen molar-refractivity contribution in [3.05, 3.63) is 35.6 Å². The van der Waals surface area contributed by atoms with Crippen molar-refractivity contribution < 1.29 is 9.52 Å². The van der Waals surface area contributed by atoms with Gasteiger partial charge in [0.25, 0.3) is 0 Å². The van der Waals surface area contributed by atoms with Crippen LogP contribution in [0.25, 0.3) is 11.0 Å². The Hall–Kier alpha value is -1.32. The molecule has 0 radical (unpaired) electrons. The Bertz CT molecular complexity index is 604. The number of para-hydroxylation sites is 1. The fraction of sp³-hybridized carbons (Fsp3) is 0.500. The van der Waals surface area contributed by atoms with Gasteiger partial charge in [-0.2, -0.15) is 0 Å². The molecule has 2 heterocycles. The zero-order valence-corrected chi connectivity index (χ0v) is 11.8. The van der Waals surface area contributed by atoms with E-state index in [9.17, 15) is 5.11 Å². The van der Waals surface area contributed by atoms with Crippen molar-refractivity contribution in [3.8, 4) is 0 Å². The standard InChI is InChI=1S/C16H21NO2/c1-11-5-4-6-13-9-14(19-15(11)13)16(18)7-8-17(3)12(2)10-16/h4-6,9,12,18H,7-8,10H2,1-3H3. The van der Waals surface area contributed by atoms with E-state index in [0.29, 0.717) is 6.04 Å². The van der Waals surface area contributed by atoms with E-state index in [4.69, 9.17) is 4.42 Å². The highest BCUT2D eigenvalue weighted by atomic mass is 16.4. The fourth-order valence-electron chi connectivity index (χ4n) is 2.99. The van der Waals surface area contributed by atoms with Crippen molar-refractivity contribution in [2.45, 2.75) is 38.3 Å². The van der Waals surface area contributed by atoms with Crippen LogP contribution in [-0.2, 0) is 5.60 Å². The summed E-state index contributed by atoms with van der Waals surface area (Å²) in [6, 6.07) is 8.47. The van der Waals surface area contributed by atoms with Gasteiger partial charge in [0.1, 0.15) is 16.9 Å². The van der Waals surface area contributed by atoms with E-state index in [-0.39, 0.29) is 0 Å². The lowest BCUT2D eigenvalue weighted by Crippen LogP contribution is -2.45. The average Bonchev–Trinajstić information content (AvgIpc) is 2.81. The molecule has 1 aliphatic heterocycles. The number of nitrogens with zero attached hydrogens (tertiary/aromatic N) is 1. The summed E-state index contributed by atoms with van der Waals surface area (Å²) in [6.07, 6.45) is 1.45. The Morgan fingerprint density at radius 3 is 2.89 bits per heavy atom. The number of benzene rings is 1. The van der Waals surface area contributed by atoms with E-state index in [1.807, 2.05) is 31.2 Å². The lowest BCUT2D eigenvalue weighted by Gasteiger charge is -2.39. The van der Waals surface area contributed by atoms with E-state index in [1.54, 1.807) is 0 Å². The number of aryl methyl sites for hydroxylation is 1. The number of likely N-dealkylation sites (tertiary alicyclic amines) is 1. The number of piperidine rings is 1. The van der Waals surface area contributed by atoms with Gasteiger partial charge < -0.3 is 14.4 Å². The molecule has 0 spiro atoms. The quantitative estimate of drug-likeness (QED) is 0.855. The first-order chi connectivity index (χ1) is 8.99. The molecule has 2 atom stereocenters. The first-order valence-corrected chi connectivity index (χ1v) is 6.92. The molecule has 0 bridgehead atoms. The minimum Gasteiger partial charge on any atom is -0.458 e. The molecule has 1 aromatic heterocycles. The Kier molecular flexibility index (Phi) is 2.91. The minimum absolute atomic E-state index is 0.369. The van der Waals surface area contributed by atoms with Crippen LogP contribution in [0.1, 0.15) is 31.1 Å².